The third-order valence-electron chi connectivity index (χ3n) is 7.31. The molecule has 2 unspecified atom stereocenters. The molecule has 0 aliphatic carbocycles. The van der Waals surface area contributed by atoms with Crippen LogP contribution in [0.5, 0.6) is 5.75 Å². The minimum absolute atomic E-state index is 0.114. The standard InChI is InChI=1S/C32H28F2N6O2/c1-2-19-8-6-13-37-27(19)16-21-12-14-36-18-22(17-35)28(21)39-40-29-23-9-4-3-7-20(23)15-24(31(29)41)32(42)38-30-25(33)10-5-11-26(30)34/h3-11,13,15,18,21-22,40-41H,2,12,14,16H2,1H3,(H,38,42)/b39-28+. The van der Waals surface area contributed by atoms with Gasteiger partial charge in [0.1, 0.15) is 28.9 Å². The van der Waals surface area contributed by atoms with Gasteiger partial charge in [-0.15, -0.1) is 0 Å². The van der Waals surface area contributed by atoms with E-state index in [0.717, 1.165) is 29.8 Å². The predicted octanol–water partition coefficient (Wildman–Crippen LogP) is 6.27. The number of phenolic OH excluding ortho intramolecular Hbond substituents is 1. The molecule has 1 aliphatic rings. The molecule has 0 bridgehead atoms. The molecular formula is C32H28F2N6O2. The van der Waals surface area contributed by atoms with Crippen molar-refractivity contribution in [2.45, 2.75) is 26.2 Å². The Balaban J connectivity index is 1.55. The number of hydrogen-bond donors (Lipinski definition) is 3. The Bertz CT molecular complexity index is 1730. The van der Waals surface area contributed by atoms with Crippen molar-refractivity contribution in [3.05, 3.63) is 95.3 Å². The van der Waals surface area contributed by atoms with Gasteiger partial charge in [0.2, 0.25) is 0 Å². The van der Waals surface area contributed by atoms with Crippen molar-refractivity contribution in [3.8, 4) is 11.8 Å². The molecule has 10 heteroatoms. The van der Waals surface area contributed by atoms with E-state index in [-0.39, 0.29) is 17.2 Å². The van der Waals surface area contributed by atoms with Gasteiger partial charge in [-0.2, -0.15) is 10.4 Å². The number of carbonyl (C=O) groups excluding carboxylic acids is 1. The fraction of sp³-hybridized carbons (Fsp3) is 0.219. The first-order chi connectivity index (χ1) is 20.4. The van der Waals surface area contributed by atoms with E-state index in [0.29, 0.717) is 35.9 Å². The Kier molecular flexibility index (Phi) is 8.48. The Morgan fingerprint density at radius 1 is 1.12 bits per heavy atom. The third-order valence-corrected chi connectivity index (χ3v) is 7.31. The van der Waals surface area contributed by atoms with Crippen LogP contribution in [0.2, 0.25) is 0 Å². The first-order valence-electron chi connectivity index (χ1n) is 13.6. The smallest absolute Gasteiger partial charge is 0.259 e. The number of aromatic hydroxyl groups is 1. The van der Waals surface area contributed by atoms with E-state index in [1.54, 1.807) is 36.7 Å². The Morgan fingerprint density at radius 2 is 1.90 bits per heavy atom. The molecule has 5 rings (SSSR count). The number of benzene rings is 3. The number of anilines is 2. The van der Waals surface area contributed by atoms with Crippen LogP contribution in [-0.4, -0.2) is 34.5 Å². The van der Waals surface area contributed by atoms with Crippen molar-refractivity contribution in [2.24, 2.45) is 21.9 Å². The van der Waals surface area contributed by atoms with E-state index in [1.165, 1.54) is 12.1 Å². The first-order valence-corrected chi connectivity index (χ1v) is 13.6. The molecule has 1 amide bonds. The van der Waals surface area contributed by atoms with Gasteiger partial charge in [-0.3, -0.25) is 20.2 Å². The predicted molar refractivity (Wildman–Crippen MR) is 159 cm³/mol. The topological polar surface area (TPSA) is 123 Å². The van der Waals surface area contributed by atoms with E-state index in [9.17, 15) is 23.9 Å². The molecule has 0 saturated carbocycles. The summed E-state index contributed by atoms with van der Waals surface area (Å²) in [6.45, 7) is 2.58. The van der Waals surface area contributed by atoms with Crippen molar-refractivity contribution in [3.63, 3.8) is 0 Å². The van der Waals surface area contributed by atoms with Gasteiger partial charge in [0.25, 0.3) is 5.91 Å². The lowest BCUT2D eigenvalue weighted by molar-refractivity contribution is 0.102. The second kappa shape index (κ2) is 12.6. The van der Waals surface area contributed by atoms with Crippen molar-refractivity contribution in [1.82, 2.24) is 4.98 Å². The number of nitrogens with one attached hydrogen (secondary N) is 2. The SMILES string of the molecule is CCc1cccnc1CC1CCN=CC(C#N)/C1=N/Nc1c(O)c(C(=O)Nc2c(F)cccc2F)cc2ccccc12. The number of para-hydroxylation sites is 1. The summed E-state index contributed by atoms with van der Waals surface area (Å²) in [4.78, 5) is 22.1. The molecule has 42 heavy (non-hydrogen) atoms. The number of pyridine rings is 1. The third kappa shape index (κ3) is 5.81. The number of phenols is 1. The first kappa shape index (κ1) is 28.4. The number of carbonyl (C=O) groups is 1. The fourth-order valence-corrected chi connectivity index (χ4v) is 5.11. The van der Waals surface area contributed by atoms with Gasteiger partial charge in [-0.25, -0.2) is 8.78 Å². The number of fused-ring (bicyclic) bond motifs is 1. The van der Waals surface area contributed by atoms with Crippen LogP contribution in [0.25, 0.3) is 10.8 Å². The summed E-state index contributed by atoms with van der Waals surface area (Å²) in [5, 5.41) is 29.2. The van der Waals surface area contributed by atoms with Gasteiger partial charge in [-0.1, -0.05) is 43.3 Å². The fourth-order valence-electron chi connectivity index (χ4n) is 5.11. The van der Waals surface area contributed by atoms with Crippen molar-refractivity contribution < 1.29 is 18.7 Å². The summed E-state index contributed by atoms with van der Waals surface area (Å²) in [7, 11) is 0. The van der Waals surface area contributed by atoms with Gasteiger partial charge >= 0.3 is 0 Å². The molecular weight excluding hydrogens is 538 g/mol. The van der Waals surface area contributed by atoms with Crippen LogP contribution in [0.15, 0.2) is 77.0 Å². The highest BCUT2D eigenvalue weighted by Gasteiger charge is 2.28. The van der Waals surface area contributed by atoms with E-state index in [4.69, 9.17) is 0 Å². The van der Waals surface area contributed by atoms with Crippen LogP contribution in [-0.2, 0) is 12.8 Å². The molecule has 0 radical (unpaired) electrons. The second-order valence-corrected chi connectivity index (χ2v) is 9.88. The Labute approximate surface area is 241 Å². The zero-order valence-corrected chi connectivity index (χ0v) is 22.8. The molecule has 2 heterocycles. The minimum Gasteiger partial charge on any atom is -0.505 e. The molecule has 1 aliphatic heterocycles. The Morgan fingerprint density at radius 3 is 2.67 bits per heavy atom. The molecule has 3 N–H and O–H groups in total. The maximum Gasteiger partial charge on any atom is 0.259 e. The van der Waals surface area contributed by atoms with Crippen LogP contribution in [0.3, 0.4) is 0 Å². The van der Waals surface area contributed by atoms with E-state index in [2.05, 4.69) is 38.8 Å². The average Bonchev–Trinajstić information content (AvgIpc) is 3.20. The second-order valence-electron chi connectivity index (χ2n) is 9.88. The van der Waals surface area contributed by atoms with Crippen LogP contribution in [0, 0.1) is 34.8 Å². The maximum absolute atomic E-state index is 14.2. The normalized spacial score (nSPS) is 17.5. The minimum atomic E-state index is -0.948. The van der Waals surface area contributed by atoms with E-state index < -0.39 is 34.9 Å². The molecule has 3 aromatic carbocycles. The number of halogens is 2. The van der Waals surface area contributed by atoms with Crippen molar-refractivity contribution >= 4 is 40.0 Å². The summed E-state index contributed by atoms with van der Waals surface area (Å²) >= 11 is 0. The molecule has 0 saturated heterocycles. The van der Waals surface area contributed by atoms with Gasteiger partial charge in [-0.05, 0) is 54.5 Å². The quantitative estimate of drug-likeness (QED) is 0.180. The van der Waals surface area contributed by atoms with Crippen LogP contribution < -0.4 is 10.7 Å². The molecule has 1 aromatic heterocycles. The number of rotatable bonds is 7. The number of nitriles is 1. The highest BCUT2D eigenvalue weighted by Crippen LogP contribution is 2.37. The Hall–Kier alpha value is -5.17. The lowest BCUT2D eigenvalue weighted by atomic mass is 9.87. The van der Waals surface area contributed by atoms with Crippen LogP contribution in [0.4, 0.5) is 20.2 Å². The molecule has 2 atom stereocenters. The highest BCUT2D eigenvalue weighted by molar-refractivity contribution is 6.12. The number of aryl methyl sites for hydroxylation is 1. The maximum atomic E-state index is 14.2. The summed E-state index contributed by atoms with van der Waals surface area (Å²) in [5.74, 6) is -4.16. The van der Waals surface area contributed by atoms with Gasteiger partial charge in [0, 0.05) is 36.0 Å². The van der Waals surface area contributed by atoms with Crippen LogP contribution >= 0.6 is 0 Å². The van der Waals surface area contributed by atoms with Gasteiger partial charge in [0.15, 0.2) is 5.75 Å². The number of hydrogen-bond acceptors (Lipinski definition) is 7. The largest absolute Gasteiger partial charge is 0.505 e. The summed E-state index contributed by atoms with van der Waals surface area (Å²) < 4.78 is 28.5. The molecule has 0 spiro atoms. The highest BCUT2D eigenvalue weighted by atomic mass is 19.1. The molecule has 0 fully saturated rings. The summed E-state index contributed by atoms with van der Waals surface area (Å²) in [6.07, 6.45) is 5.31. The van der Waals surface area contributed by atoms with Gasteiger partial charge in [0.05, 0.1) is 17.3 Å². The number of hydrazone groups is 1. The average molecular weight is 567 g/mol. The molecule has 4 aromatic rings. The van der Waals surface area contributed by atoms with Crippen LogP contribution in [0.1, 0.15) is 35.0 Å². The zero-order chi connectivity index (χ0) is 29.6. The van der Waals surface area contributed by atoms with E-state index >= 15 is 0 Å². The van der Waals surface area contributed by atoms with Crippen molar-refractivity contribution in [1.29, 1.82) is 5.26 Å². The summed E-state index contributed by atoms with van der Waals surface area (Å²) in [5.41, 5.74) is 4.76. The monoisotopic (exact) mass is 566 g/mol. The zero-order valence-electron chi connectivity index (χ0n) is 22.8. The number of nitrogens with zero attached hydrogens (tertiary/aromatic N) is 4. The lowest BCUT2D eigenvalue weighted by Crippen LogP contribution is -2.26. The van der Waals surface area contributed by atoms with Gasteiger partial charge < -0.3 is 10.4 Å². The summed E-state index contributed by atoms with van der Waals surface area (Å²) in [6, 6.07) is 17.8. The van der Waals surface area contributed by atoms with E-state index in [1.807, 2.05) is 12.1 Å². The lowest BCUT2D eigenvalue weighted by Gasteiger charge is -2.20. The number of aliphatic imine (C=N–C) groups is 1. The molecule has 212 valence electrons. The van der Waals surface area contributed by atoms with Crippen molar-refractivity contribution in [2.75, 3.05) is 17.3 Å². The number of amides is 1. The number of aromatic nitrogens is 1. The molecule has 8 nitrogen and oxygen atoms in total.